The minimum absolute atomic E-state index is 0.0218. The van der Waals surface area contributed by atoms with Crippen molar-refractivity contribution in [1.82, 2.24) is 24.8 Å². The number of amides is 1. The summed E-state index contributed by atoms with van der Waals surface area (Å²) < 4.78 is 25.8. The van der Waals surface area contributed by atoms with E-state index >= 15 is 4.11 Å². The van der Waals surface area contributed by atoms with Crippen molar-refractivity contribution < 1.29 is 18.7 Å². The van der Waals surface area contributed by atoms with Crippen LogP contribution in [0, 0.1) is 5.92 Å². The lowest BCUT2D eigenvalue weighted by atomic mass is 9.82. The average Bonchev–Trinajstić information content (AvgIpc) is 3.58. The van der Waals surface area contributed by atoms with Crippen molar-refractivity contribution in [2.45, 2.75) is 56.7 Å². The number of carbonyl (C=O) groups is 1. The summed E-state index contributed by atoms with van der Waals surface area (Å²) >= 11 is 0. The van der Waals surface area contributed by atoms with Crippen LogP contribution in [0.4, 0.5) is 9.80 Å². The normalized spacial score (nSPS) is 24.1. The van der Waals surface area contributed by atoms with Crippen molar-refractivity contribution in [3.63, 3.8) is 0 Å². The van der Waals surface area contributed by atoms with Crippen LogP contribution in [0.2, 0.25) is 18.6 Å². The summed E-state index contributed by atoms with van der Waals surface area (Å²) in [6.07, 6.45) is 3.72. The van der Waals surface area contributed by atoms with E-state index in [4.69, 9.17) is 4.74 Å². The first-order chi connectivity index (χ1) is 19.6. The van der Waals surface area contributed by atoms with Crippen LogP contribution in [0.3, 0.4) is 0 Å². The van der Waals surface area contributed by atoms with Gasteiger partial charge in [0.05, 0.1) is 34.8 Å². The Hall–Kier alpha value is -3.74. The fourth-order valence-electron chi connectivity index (χ4n) is 6.75. The Balaban J connectivity index is 1.41. The number of aryl methyl sites for hydroxylation is 1. The van der Waals surface area contributed by atoms with Crippen molar-refractivity contribution >= 4 is 30.8 Å². The molecule has 0 radical (unpaired) electrons. The maximum absolute atomic E-state index is 16.0. The molecular weight excluding hydrogens is 543 g/mol. The van der Waals surface area contributed by atoms with Gasteiger partial charge < -0.3 is 18.9 Å². The molecule has 1 amide bonds. The maximum atomic E-state index is 16.0. The third-order valence-corrected chi connectivity index (χ3v) is 11.1. The molecule has 10 nitrogen and oxygen atoms in total. The zero-order valence-corrected chi connectivity index (χ0v) is 24.5. The van der Waals surface area contributed by atoms with E-state index in [1.165, 1.54) is 4.68 Å². The number of aromatic nitrogens is 5. The molecule has 41 heavy (non-hydrogen) atoms. The lowest BCUT2D eigenvalue weighted by Gasteiger charge is -2.31. The van der Waals surface area contributed by atoms with Crippen LogP contribution < -0.4 is 10.5 Å². The molecule has 2 aromatic carbocycles. The van der Waals surface area contributed by atoms with E-state index in [0.29, 0.717) is 47.4 Å². The molecule has 1 spiro atoms. The number of aliphatic hydroxyl groups excluding tert-OH is 1. The summed E-state index contributed by atoms with van der Waals surface area (Å²) in [6, 6.07) is 12.6. The van der Waals surface area contributed by atoms with Crippen molar-refractivity contribution in [1.29, 1.82) is 0 Å². The number of carbonyl (C=O) groups excluding carboxylic acids is 1. The minimum Gasteiger partial charge on any atom is -0.396 e. The highest BCUT2D eigenvalue weighted by atomic mass is 28.4. The van der Waals surface area contributed by atoms with Gasteiger partial charge in [0.1, 0.15) is 0 Å². The Morgan fingerprint density at radius 1 is 1.17 bits per heavy atom. The predicted molar refractivity (Wildman–Crippen MR) is 154 cm³/mol. The van der Waals surface area contributed by atoms with Crippen molar-refractivity contribution in [2.75, 3.05) is 18.6 Å². The number of benzene rings is 2. The summed E-state index contributed by atoms with van der Waals surface area (Å²) in [6.45, 7) is 5.64. The number of halogens is 1. The SMILES string of the molecule is C[C@H]1[C@H]([Si](C)(C)F)[C@@H](CCn2cc(CCO)nn2)O[C@]12C(=O)N(C)c1ccc(-n3ncc4ccccc4c3=O)cc12. The molecule has 0 saturated carbocycles. The molecule has 6 rings (SSSR count). The average molecular weight is 577 g/mol. The van der Waals surface area contributed by atoms with Gasteiger partial charge in [0.15, 0.2) is 5.60 Å². The van der Waals surface area contributed by atoms with Gasteiger partial charge in [0.2, 0.25) is 8.41 Å². The molecule has 12 heteroatoms. The fraction of sp³-hybridized carbons (Fsp3) is 0.414. The molecule has 2 aromatic heterocycles. The van der Waals surface area contributed by atoms with Crippen molar-refractivity contribution in [3.8, 4) is 5.69 Å². The zero-order chi connectivity index (χ0) is 29.1. The minimum atomic E-state index is -3.32. The third kappa shape index (κ3) is 4.32. The van der Waals surface area contributed by atoms with Crippen molar-refractivity contribution in [2.24, 2.45) is 5.92 Å². The Morgan fingerprint density at radius 2 is 1.95 bits per heavy atom. The Morgan fingerprint density at radius 3 is 2.71 bits per heavy atom. The van der Waals surface area contributed by atoms with Gasteiger partial charge >= 0.3 is 0 Å². The number of nitrogens with zero attached hydrogens (tertiary/aromatic N) is 6. The number of likely N-dealkylation sites (N-methyl/N-ethyl adjacent to an activating group) is 1. The van der Waals surface area contributed by atoms with Crippen LogP contribution in [-0.4, -0.2) is 64.0 Å². The van der Waals surface area contributed by atoms with Crippen LogP contribution in [0.15, 0.2) is 59.7 Å². The van der Waals surface area contributed by atoms with E-state index in [0.717, 1.165) is 5.39 Å². The second kappa shape index (κ2) is 9.96. The summed E-state index contributed by atoms with van der Waals surface area (Å²) in [5.74, 6) is -0.694. The predicted octanol–water partition coefficient (Wildman–Crippen LogP) is 3.35. The molecule has 1 N–H and O–H groups in total. The first kappa shape index (κ1) is 27.4. The molecule has 214 valence electrons. The molecular formula is C29H33FN6O4Si. The molecule has 4 atom stereocenters. The molecule has 1 saturated heterocycles. The number of hydrogen-bond acceptors (Lipinski definition) is 7. The zero-order valence-electron chi connectivity index (χ0n) is 23.5. The Labute approximate surface area is 237 Å². The van der Waals surface area contributed by atoms with E-state index in [1.54, 1.807) is 66.4 Å². The van der Waals surface area contributed by atoms with Gasteiger partial charge in [0, 0.05) is 55.2 Å². The van der Waals surface area contributed by atoms with Gasteiger partial charge in [-0.1, -0.05) is 30.3 Å². The van der Waals surface area contributed by atoms with Crippen LogP contribution in [0.1, 0.15) is 24.6 Å². The van der Waals surface area contributed by atoms with Crippen LogP contribution >= 0.6 is 0 Å². The van der Waals surface area contributed by atoms with E-state index < -0.39 is 31.6 Å². The maximum Gasteiger partial charge on any atom is 0.279 e. The van der Waals surface area contributed by atoms with E-state index in [2.05, 4.69) is 15.4 Å². The van der Waals surface area contributed by atoms with Gasteiger partial charge in [-0.3, -0.25) is 14.3 Å². The Bertz CT molecular complexity index is 1700. The van der Waals surface area contributed by atoms with E-state index in [9.17, 15) is 14.7 Å². The highest BCUT2D eigenvalue weighted by molar-refractivity contribution is 6.72. The van der Waals surface area contributed by atoms with Crippen LogP contribution in [-0.2, 0) is 28.1 Å². The summed E-state index contributed by atoms with van der Waals surface area (Å²) in [5.41, 5.74) is 0.349. The molecule has 0 bridgehead atoms. The summed E-state index contributed by atoms with van der Waals surface area (Å²) in [7, 11) is -1.62. The van der Waals surface area contributed by atoms with Gasteiger partial charge in [-0.2, -0.15) is 9.78 Å². The summed E-state index contributed by atoms with van der Waals surface area (Å²) in [4.78, 5) is 28.9. The lowest BCUT2D eigenvalue weighted by molar-refractivity contribution is -0.145. The van der Waals surface area contributed by atoms with Gasteiger partial charge in [-0.25, -0.2) is 0 Å². The largest absolute Gasteiger partial charge is 0.396 e. The smallest absolute Gasteiger partial charge is 0.279 e. The molecule has 4 heterocycles. The number of fused-ring (bicyclic) bond motifs is 3. The Kier molecular flexibility index (Phi) is 6.67. The highest BCUT2D eigenvalue weighted by Gasteiger charge is 2.66. The third-order valence-electron chi connectivity index (χ3n) is 8.61. The van der Waals surface area contributed by atoms with E-state index in [1.807, 2.05) is 25.1 Å². The topological polar surface area (TPSA) is 115 Å². The standard InChI is InChI=1S/C29H33FN6O4Si/c1-18-26(41(3,4)30)25(11-13-35-17-20(12-14-37)32-33-35)40-29(18)23-15-21(9-10-24(23)34(2)28(29)39)36-27(38)22-8-6-5-7-19(22)16-31-36/h5-10,15-18,25-26,37H,11-14H2,1-4H3/t18-,25+,26-,29+/m0/s1. The van der Waals surface area contributed by atoms with E-state index in [-0.39, 0.29) is 18.1 Å². The lowest BCUT2D eigenvalue weighted by Crippen LogP contribution is -2.44. The second-order valence-electron chi connectivity index (χ2n) is 11.5. The van der Waals surface area contributed by atoms with Crippen LogP contribution in [0.25, 0.3) is 16.5 Å². The number of anilines is 1. The number of ether oxygens (including phenoxy) is 1. The summed E-state index contributed by atoms with van der Waals surface area (Å²) in [5, 5.41) is 23.1. The molecule has 1 fully saturated rings. The van der Waals surface area contributed by atoms with Gasteiger partial charge in [-0.05, 0) is 43.8 Å². The first-order valence-corrected chi connectivity index (χ1v) is 16.8. The molecule has 0 aliphatic carbocycles. The fourth-order valence-corrected chi connectivity index (χ4v) is 9.30. The molecule has 2 aliphatic heterocycles. The highest BCUT2D eigenvalue weighted by Crippen LogP contribution is 2.60. The van der Waals surface area contributed by atoms with Gasteiger partial charge in [0.25, 0.3) is 11.5 Å². The van der Waals surface area contributed by atoms with Crippen molar-refractivity contribution in [3.05, 3.63) is 76.5 Å². The van der Waals surface area contributed by atoms with Crippen LogP contribution in [0.5, 0.6) is 0 Å². The first-order valence-electron chi connectivity index (χ1n) is 13.8. The molecule has 2 aliphatic rings. The van der Waals surface area contributed by atoms with Gasteiger partial charge in [-0.15, -0.1) is 5.10 Å². The number of hydrogen-bond donors (Lipinski definition) is 1. The quantitative estimate of drug-likeness (QED) is 0.265. The number of aliphatic hydroxyl groups is 1. The molecule has 0 unspecified atom stereocenters. The monoisotopic (exact) mass is 576 g/mol. The number of rotatable bonds is 7. The molecule has 4 aromatic rings. The second-order valence-corrected chi connectivity index (χ2v) is 15.3.